The number of hydrogen-bond donors (Lipinski definition) is 1. The number of carbonyl (C=O) groups excluding carboxylic acids is 1. The molecule has 4 nitrogen and oxygen atoms in total. The summed E-state index contributed by atoms with van der Waals surface area (Å²) in [6.45, 7) is 2.38. The van der Waals surface area contributed by atoms with Gasteiger partial charge in [-0.05, 0) is 12.8 Å². The Balaban J connectivity index is 1.99. The monoisotopic (exact) mass is 251 g/mol. The van der Waals surface area contributed by atoms with Crippen LogP contribution < -0.4 is 9.88 Å². The van der Waals surface area contributed by atoms with Crippen molar-refractivity contribution in [2.24, 2.45) is 0 Å². The highest BCUT2D eigenvalue weighted by atomic mass is 16.5. The molecule has 0 atom stereocenters. The Morgan fingerprint density at radius 3 is 2.67 bits per heavy atom. The Morgan fingerprint density at radius 2 is 1.94 bits per heavy atom. The van der Waals surface area contributed by atoms with Crippen molar-refractivity contribution in [3.63, 3.8) is 0 Å². The molecule has 0 fully saturated rings. The molecule has 0 radical (unpaired) electrons. The minimum Gasteiger partial charge on any atom is -0.385 e. The van der Waals surface area contributed by atoms with Crippen LogP contribution in [-0.4, -0.2) is 26.2 Å². The molecule has 18 heavy (non-hydrogen) atoms. The molecule has 1 aromatic rings. The molecule has 100 valence electrons. The van der Waals surface area contributed by atoms with Crippen LogP contribution in [0.4, 0.5) is 0 Å². The fourth-order valence-corrected chi connectivity index (χ4v) is 1.70. The Bertz CT molecular complexity index is 328. The molecule has 0 aliphatic carbocycles. The Hall–Kier alpha value is -1.42. The maximum absolute atomic E-state index is 11.5. The van der Waals surface area contributed by atoms with Crippen molar-refractivity contribution in [1.29, 1.82) is 0 Å². The van der Waals surface area contributed by atoms with Crippen molar-refractivity contribution in [1.82, 2.24) is 5.32 Å². The minimum atomic E-state index is 0.143. The smallest absolute Gasteiger partial charge is 0.219 e. The highest BCUT2D eigenvalue weighted by Gasteiger charge is 2.02. The van der Waals surface area contributed by atoms with Crippen LogP contribution in [0.2, 0.25) is 0 Å². The lowest BCUT2D eigenvalue weighted by Gasteiger charge is -2.04. The third kappa shape index (κ3) is 7.01. The Morgan fingerprint density at radius 1 is 1.17 bits per heavy atom. The topological polar surface area (TPSA) is 42.2 Å². The zero-order valence-electron chi connectivity index (χ0n) is 11.1. The predicted octanol–water partition coefficient (Wildman–Crippen LogP) is 1.30. The molecule has 0 aliphatic heterocycles. The van der Waals surface area contributed by atoms with Gasteiger partial charge in [-0.2, -0.15) is 0 Å². The maximum Gasteiger partial charge on any atom is 0.219 e. The second kappa shape index (κ2) is 9.59. The predicted molar refractivity (Wildman–Crippen MR) is 70.0 cm³/mol. The second-order valence-electron chi connectivity index (χ2n) is 4.27. The van der Waals surface area contributed by atoms with Crippen LogP contribution in [0.25, 0.3) is 0 Å². The van der Waals surface area contributed by atoms with Gasteiger partial charge in [0.1, 0.15) is 6.54 Å². The van der Waals surface area contributed by atoms with Crippen molar-refractivity contribution in [2.45, 2.75) is 32.2 Å². The van der Waals surface area contributed by atoms with Crippen LogP contribution in [0.1, 0.15) is 25.7 Å². The molecule has 0 saturated heterocycles. The first-order chi connectivity index (χ1) is 8.83. The largest absolute Gasteiger partial charge is 0.385 e. The number of hydrogen-bond acceptors (Lipinski definition) is 2. The molecule has 1 N–H and O–H groups in total. The summed E-state index contributed by atoms with van der Waals surface area (Å²) in [5.74, 6) is 0.143. The zero-order valence-corrected chi connectivity index (χ0v) is 11.1. The van der Waals surface area contributed by atoms with Crippen molar-refractivity contribution < 1.29 is 14.1 Å². The fourth-order valence-electron chi connectivity index (χ4n) is 1.70. The first-order valence-electron chi connectivity index (χ1n) is 6.52. The number of nitrogens with zero attached hydrogens (tertiary/aromatic N) is 1. The van der Waals surface area contributed by atoms with Gasteiger partial charge in [-0.1, -0.05) is 6.07 Å². The van der Waals surface area contributed by atoms with Crippen LogP contribution in [0.15, 0.2) is 30.6 Å². The molecule has 1 amide bonds. The molecule has 1 aromatic heterocycles. The van der Waals surface area contributed by atoms with Crippen molar-refractivity contribution in [3.05, 3.63) is 30.6 Å². The summed E-state index contributed by atoms with van der Waals surface area (Å²) in [6, 6.07) is 6.04. The first kappa shape index (κ1) is 14.6. The van der Waals surface area contributed by atoms with E-state index in [1.165, 1.54) is 0 Å². The molecular weight excluding hydrogens is 228 g/mol. The number of aromatic nitrogens is 1. The van der Waals surface area contributed by atoms with E-state index in [1.807, 2.05) is 30.6 Å². The fraction of sp³-hybridized carbons (Fsp3) is 0.571. The Labute approximate surface area is 109 Å². The van der Waals surface area contributed by atoms with Crippen molar-refractivity contribution in [3.8, 4) is 0 Å². The minimum absolute atomic E-state index is 0.143. The highest BCUT2D eigenvalue weighted by Crippen LogP contribution is 1.95. The number of methoxy groups -OCH3 is 1. The van der Waals surface area contributed by atoms with E-state index in [4.69, 9.17) is 4.74 Å². The number of nitrogens with one attached hydrogen (secondary N) is 1. The van der Waals surface area contributed by atoms with Gasteiger partial charge in [-0.3, -0.25) is 4.79 Å². The molecule has 0 bridgehead atoms. The van der Waals surface area contributed by atoms with Crippen LogP contribution in [0.3, 0.4) is 0 Å². The average Bonchev–Trinajstić information content (AvgIpc) is 2.41. The third-order valence-corrected chi connectivity index (χ3v) is 2.69. The number of rotatable bonds is 9. The number of amides is 1. The van der Waals surface area contributed by atoms with E-state index in [0.29, 0.717) is 19.6 Å². The summed E-state index contributed by atoms with van der Waals surface area (Å²) in [5.41, 5.74) is 0. The normalized spacial score (nSPS) is 10.3. The van der Waals surface area contributed by atoms with Gasteiger partial charge in [-0.25, -0.2) is 4.57 Å². The van der Waals surface area contributed by atoms with Gasteiger partial charge in [0.05, 0.1) is 0 Å². The van der Waals surface area contributed by atoms with E-state index in [-0.39, 0.29) is 5.91 Å². The molecule has 0 aliphatic rings. The Kier molecular flexibility index (Phi) is 7.80. The van der Waals surface area contributed by atoms with Gasteiger partial charge in [0.15, 0.2) is 12.4 Å². The maximum atomic E-state index is 11.5. The molecule has 1 rings (SSSR count). The van der Waals surface area contributed by atoms with Crippen molar-refractivity contribution in [2.75, 3.05) is 20.3 Å². The van der Waals surface area contributed by atoms with E-state index >= 15 is 0 Å². The lowest BCUT2D eigenvalue weighted by atomic mass is 10.2. The van der Waals surface area contributed by atoms with Gasteiger partial charge in [0.25, 0.3) is 0 Å². The van der Waals surface area contributed by atoms with Crippen LogP contribution in [0, 0.1) is 0 Å². The lowest BCUT2D eigenvalue weighted by Crippen LogP contribution is -2.32. The molecule has 0 saturated carbocycles. The highest BCUT2D eigenvalue weighted by molar-refractivity contribution is 5.75. The van der Waals surface area contributed by atoms with Crippen LogP contribution >= 0.6 is 0 Å². The molecule has 1 heterocycles. The number of unbranched alkanes of at least 4 members (excludes halogenated alkanes) is 1. The molecule has 4 heteroatoms. The van der Waals surface area contributed by atoms with E-state index in [2.05, 4.69) is 9.88 Å². The van der Waals surface area contributed by atoms with E-state index < -0.39 is 0 Å². The van der Waals surface area contributed by atoms with Crippen molar-refractivity contribution >= 4 is 5.91 Å². The molecular formula is C14H23N2O2+. The number of ether oxygens (including phenoxy) is 1. The summed E-state index contributed by atoms with van der Waals surface area (Å²) >= 11 is 0. The standard InChI is InChI=1S/C14H22N2O2/c1-18-13-7-9-15-14(17)8-3-6-12-16-10-4-2-5-11-16/h2,4-5,10-11H,3,6-9,12-13H2,1H3/p+1. The van der Waals surface area contributed by atoms with Gasteiger partial charge in [0.2, 0.25) is 5.91 Å². The van der Waals surface area contributed by atoms with E-state index in [9.17, 15) is 4.79 Å². The lowest BCUT2D eigenvalue weighted by molar-refractivity contribution is -0.697. The van der Waals surface area contributed by atoms with Gasteiger partial charge < -0.3 is 10.1 Å². The zero-order chi connectivity index (χ0) is 13.1. The van der Waals surface area contributed by atoms with Crippen LogP contribution in [-0.2, 0) is 16.1 Å². The van der Waals surface area contributed by atoms with Gasteiger partial charge in [0, 0.05) is 45.2 Å². The molecule has 0 unspecified atom stereocenters. The number of pyridine rings is 1. The van der Waals surface area contributed by atoms with Crippen LogP contribution in [0.5, 0.6) is 0 Å². The summed E-state index contributed by atoms with van der Waals surface area (Å²) < 4.78 is 7.05. The number of aryl methyl sites for hydroxylation is 1. The summed E-state index contributed by atoms with van der Waals surface area (Å²) in [5, 5.41) is 2.89. The summed E-state index contributed by atoms with van der Waals surface area (Å²) in [7, 11) is 1.67. The third-order valence-electron chi connectivity index (χ3n) is 2.69. The van der Waals surface area contributed by atoms with Gasteiger partial charge in [-0.15, -0.1) is 0 Å². The van der Waals surface area contributed by atoms with Gasteiger partial charge >= 0.3 is 0 Å². The first-order valence-corrected chi connectivity index (χ1v) is 6.52. The van der Waals surface area contributed by atoms with E-state index in [1.54, 1.807) is 7.11 Å². The molecule has 0 spiro atoms. The summed E-state index contributed by atoms with van der Waals surface area (Å²) in [6.07, 6.45) is 7.54. The number of carbonyl (C=O) groups is 1. The average molecular weight is 251 g/mol. The SMILES string of the molecule is COCCCNC(=O)CCCC[n+]1ccccc1. The quantitative estimate of drug-likeness (QED) is 0.531. The summed E-state index contributed by atoms with van der Waals surface area (Å²) in [4.78, 5) is 11.5. The molecule has 0 aromatic carbocycles. The van der Waals surface area contributed by atoms with E-state index in [0.717, 1.165) is 25.8 Å². The second-order valence-corrected chi connectivity index (χ2v) is 4.27.